The summed E-state index contributed by atoms with van der Waals surface area (Å²) in [7, 11) is 0. The molecule has 1 aliphatic heterocycles. The van der Waals surface area contributed by atoms with Crippen LogP contribution in [0.1, 0.15) is 27.2 Å². The Kier molecular flexibility index (Phi) is 5.60. The van der Waals surface area contributed by atoms with Crippen LogP contribution in [0.15, 0.2) is 23.6 Å². The third-order valence-electron chi connectivity index (χ3n) is 5.63. The molecule has 4 rings (SSSR count). The summed E-state index contributed by atoms with van der Waals surface area (Å²) in [5.74, 6) is 1.20. The fraction of sp³-hybridized carbons (Fsp3) is 0.474. The summed E-state index contributed by atoms with van der Waals surface area (Å²) in [5.41, 5.74) is 6.68. The molecule has 1 aliphatic carbocycles. The molecule has 2 aliphatic rings. The average molecular weight is 426 g/mol. The third-order valence-corrected chi connectivity index (χ3v) is 6.39. The first-order valence-electron chi connectivity index (χ1n) is 8.92. The quantitative estimate of drug-likeness (QED) is 0.761. The zero-order valence-corrected chi connectivity index (χ0v) is 17.6. The largest absolute Gasteiger partial charge is 0.454 e. The Morgan fingerprint density at radius 1 is 1.39 bits per heavy atom. The number of fused-ring (bicyclic) bond motifs is 1. The van der Waals surface area contributed by atoms with Crippen LogP contribution in [-0.4, -0.2) is 35.9 Å². The highest BCUT2D eigenvalue weighted by Gasteiger charge is 2.63. The molecule has 7 nitrogen and oxygen atoms in total. The van der Waals surface area contributed by atoms with Gasteiger partial charge in [0, 0.05) is 29.4 Å². The van der Waals surface area contributed by atoms with Crippen molar-refractivity contribution in [3.63, 3.8) is 0 Å². The van der Waals surface area contributed by atoms with Gasteiger partial charge in [0.25, 0.3) is 0 Å². The fourth-order valence-corrected chi connectivity index (χ4v) is 4.26. The molecular weight excluding hydrogens is 402 g/mol. The van der Waals surface area contributed by atoms with E-state index in [2.05, 4.69) is 10.3 Å². The number of nitrogens with zero attached hydrogens (tertiary/aromatic N) is 1. The number of anilines is 1. The van der Waals surface area contributed by atoms with E-state index < -0.39 is 11.0 Å². The van der Waals surface area contributed by atoms with Crippen LogP contribution in [-0.2, 0) is 9.53 Å². The minimum Gasteiger partial charge on any atom is -0.454 e. The second kappa shape index (κ2) is 7.51. The number of aromatic nitrogens is 1. The van der Waals surface area contributed by atoms with Gasteiger partial charge >= 0.3 is 0 Å². The van der Waals surface area contributed by atoms with Crippen molar-refractivity contribution >= 4 is 34.8 Å². The molecule has 0 spiro atoms. The predicted octanol–water partition coefficient (Wildman–Crippen LogP) is 3.43. The number of ether oxygens (including phenoxy) is 3. The Morgan fingerprint density at radius 3 is 2.86 bits per heavy atom. The zero-order chi connectivity index (χ0) is 19.2. The van der Waals surface area contributed by atoms with Gasteiger partial charge in [0.1, 0.15) is 5.54 Å². The normalized spacial score (nSPS) is 24.2. The monoisotopic (exact) mass is 425 g/mol. The van der Waals surface area contributed by atoms with Crippen LogP contribution in [0.5, 0.6) is 11.5 Å². The van der Waals surface area contributed by atoms with Crippen molar-refractivity contribution < 1.29 is 19.0 Å². The fourth-order valence-electron chi connectivity index (χ4n) is 3.55. The van der Waals surface area contributed by atoms with Gasteiger partial charge < -0.3 is 25.3 Å². The number of benzene rings is 1. The van der Waals surface area contributed by atoms with E-state index in [9.17, 15) is 4.79 Å². The molecule has 1 aromatic heterocycles. The molecule has 2 aromatic rings. The van der Waals surface area contributed by atoms with Gasteiger partial charge in [0.2, 0.25) is 12.7 Å². The maximum Gasteiger partial charge on any atom is 0.246 e. The van der Waals surface area contributed by atoms with Gasteiger partial charge in [0.05, 0.1) is 11.8 Å². The summed E-state index contributed by atoms with van der Waals surface area (Å²) in [6.07, 6.45) is 0.485. The van der Waals surface area contributed by atoms with Crippen molar-refractivity contribution in [1.82, 2.24) is 4.98 Å². The number of nitrogens with two attached hydrogens (primary N) is 1. The molecule has 2 atom stereocenters. The molecule has 28 heavy (non-hydrogen) atoms. The average Bonchev–Trinajstić information content (AvgIpc) is 3.29. The zero-order valence-electron chi connectivity index (χ0n) is 16.0. The molecule has 0 bridgehead atoms. The van der Waals surface area contributed by atoms with Gasteiger partial charge in [0.15, 0.2) is 16.6 Å². The highest BCUT2D eigenvalue weighted by atomic mass is 35.5. The molecule has 1 saturated carbocycles. The molecule has 0 radical (unpaired) electrons. The van der Waals surface area contributed by atoms with Gasteiger partial charge in [-0.1, -0.05) is 13.8 Å². The summed E-state index contributed by atoms with van der Waals surface area (Å²) in [5, 5.41) is 5.29. The van der Waals surface area contributed by atoms with Crippen molar-refractivity contribution in [2.75, 3.05) is 18.7 Å². The minimum atomic E-state index is -0.975. The second-order valence-corrected chi connectivity index (χ2v) is 8.26. The minimum absolute atomic E-state index is 0. The van der Waals surface area contributed by atoms with Crippen LogP contribution >= 0.6 is 23.7 Å². The molecule has 2 unspecified atom stereocenters. The van der Waals surface area contributed by atoms with Crippen LogP contribution < -0.4 is 20.5 Å². The van der Waals surface area contributed by atoms with E-state index >= 15 is 0 Å². The van der Waals surface area contributed by atoms with E-state index in [1.807, 2.05) is 44.4 Å². The Morgan fingerprint density at radius 2 is 2.14 bits per heavy atom. The van der Waals surface area contributed by atoms with E-state index in [0.717, 1.165) is 17.0 Å². The number of halogens is 1. The van der Waals surface area contributed by atoms with E-state index in [1.165, 1.54) is 11.3 Å². The van der Waals surface area contributed by atoms with Crippen LogP contribution in [0.2, 0.25) is 0 Å². The predicted molar refractivity (Wildman–Crippen MR) is 110 cm³/mol. The first kappa shape index (κ1) is 20.9. The maximum atomic E-state index is 12.8. The van der Waals surface area contributed by atoms with E-state index in [1.54, 1.807) is 0 Å². The van der Waals surface area contributed by atoms with Gasteiger partial charge in [-0.05, 0) is 25.1 Å². The van der Waals surface area contributed by atoms with Crippen LogP contribution in [0.3, 0.4) is 0 Å². The molecular formula is C19H24ClN3O4S. The molecule has 3 N–H and O–H groups in total. The van der Waals surface area contributed by atoms with Gasteiger partial charge in [-0.2, -0.15) is 0 Å². The molecule has 152 valence electrons. The molecule has 2 heterocycles. The maximum absolute atomic E-state index is 12.8. The van der Waals surface area contributed by atoms with E-state index in [0.29, 0.717) is 23.9 Å². The van der Waals surface area contributed by atoms with Crippen molar-refractivity contribution in [2.24, 2.45) is 11.1 Å². The first-order chi connectivity index (χ1) is 12.8. The van der Waals surface area contributed by atoms with Gasteiger partial charge in [-0.15, -0.1) is 23.7 Å². The lowest BCUT2D eigenvalue weighted by Crippen LogP contribution is -2.74. The Hall–Kier alpha value is -1.87. The van der Waals surface area contributed by atoms with Gasteiger partial charge in [-0.25, -0.2) is 4.98 Å². The second-order valence-electron chi connectivity index (χ2n) is 7.40. The summed E-state index contributed by atoms with van der Waals surface area (Å²) < 4.78 is 16.4. The number of rotatable bonds is 5. The molecule has 9 heteroatoms. The number of carbonyl (C=O) groups excluding carboxylic acids is 1. The SMILES string of the molecule is CCOC1CC(N)(C(=O)Nc2nc(-c3ccc4c(c3)OCO4)cs2)C1(C)C.Cl. The first-order valence-corrected chi connectivity index (χ1v) is 9.80. The van der Waals surface area contributed by atoms with Gasteiger partial charge in [-0.3, -0.25) is 4.79 Å². The Bertz CT molecular complexity index is 888. The number of nitrogens with one attached hydrogen (secondary N) is 1. The Labute approximate surface area is 174 Å². The smallest absolute Gasteiger partial charge is 0.246 e. The lowest BCUT2D eigenvalue weighted by Gasteiger charge is -2.57. The summed E-state index contributed by atoms with van der Waals surface area (Å²) in [6, 6.07) is 5.66. The van der Waals surface area contributed by atoms with Crippen molar-refractivity contribution in [2.45, 2.75) is 38.8 Å². The lowest BCUT2D eigenvalue weighted by atomic mass is 9.54. The standard InChI is InChI=1S/C19H23N3O4S.ClH/c1-4-24-15-8-19(20,18(15,2)3)16(23)22-17-21-12(9-27-17)11-5-6-13-14(7-11)26-10-25-13;/h5-7,9,15H,4,8,10,20H2,1-3H3,(H,21,22,23);1H. The summed E-state index contributed by atoms with van der Waals surface area (Å²) >= 11 is 1.37. The lowest BCUT2D eigenvalue weighted by molar-refractivity contribution is -0.166. The molecule has 0 saturated heterocycles. The molecule has 1 aromatic carbocycles. The topological polar surface area (TPSA) is 95.7 Å². The highest BCUT2D eigenvalue weighted by molar-refractivity contribution is 7.14. The van der Waals surface area contributed by atoms with E-state index in [-0.39, 0.29) is 31.2 Å². The van der Waals surface area contributed by atoms with Crippen LogP contribution in [0.4, 0.5) is 5.13 Å². The highest BCUT2D eigenvalue weighted by Crippen LogP contribution is 2.50. The molecule has 1 amide bonds. The number of hydrogen-bond donors (Lipinski definition) is 2. The number of amides is 1. The van der Waals surface area contributed by atoms with Crippen LogP contribution in [0, 0.1) is 5.41 Å². The van der Waals surface area contributed by atoms with Crippen molar-refractivity contribution in [3.8, 4) is 22.8 Å². The number of hydrogen-bond acceptors (Lipinski definition) is 7. The number of thiazole rings is 1. The van der Waals surface area contributed by atoms with Crippen molar-refractivity contribution in [1.29, 1.82) is 0 Å². The van der Waals surface area contributed by atoms with Crippen molar-refractivity contribution in [3.05, 3.63) is 23.6 Å². The molecule has 1 fully saturated rings. The third kappa shape index (κ3) is 3.24. The van der Waals surface area contributed by atoms with E-state index in [4.69, 9.17) is 19.9 Å². The number of carbonyl (C=O) groups is 1. The Balaban J connectivity index is 0.00000225. The summed E-state index contributed by atoms with van der Waals surface area (Å²) in [4.78, 5) is 17.3. The van der Waals surface area contributed by atoms with Crippen LogP contribution in [0.25, 0.3) is 11.3 Å². The summed E-state index contributed by atoms with van der Waals surface area (Å²) in [6.45, 7) is 6.72.